The third-order valence-electron chi connectivity index (χ3n) is 2.43. The first-order chi connectivity index (χ1) is 7.70. The fraction of sp³-hybridized carbons (Fsp3) is 0.231. The second-order valence-electron chi connectivity index (χ2n) is 3.66. The number of fused-ring (bicyclic) bond motifs is 1. The molecule has 0 N–H and O–H groups in total. The Balaban J connectivity index is 2.39. The van der Waals surface area contributed by atoms with Gasteiger partial charge in [-0.15, -0.1) is 0 Å². The molecule has 0 spiro atoms. The highest BCUT2D eigenvalue weighted by molar-refractivity contribution is 9.09. The van der Waals surface area contributed by atoms with Gasteiger partial charge in [-0.3, -0.25) is 0 Å². The zero-order valence-corrected chi connectivity index (χ0v) is 10.6. The van der Waals surface area contributed by atoms with Gasteiger partial charge in [0.1, 0.15) is 17.2 Å². The summed E-state index contributed by atoms with van der Waals surface area (Å²) in [5.41, 5.74) is 1.80. The van der Waals surface area contributed by atoms with E-state index in [0.717, 1.165) is 34.1 Å². The van der Waals surface area contributed by atoms with Gasteiger partial charge < -0.3 is 4.42 Å². The van der Waals surface area contributed by atoms with Crippen LogP contribution in [0.25, 0.3) is 16.5 Å². The average Bonchev–Trinajstić information content (AvgIpc) is 2.68. The summed E-state index contributed by atoms with van der Waals surface area (Å²) in [6, 6.07) is 6.43. The minimum absolute atomic E-state index is 0.234. The van der Waals surface area contributed by atoms with Crippen molar-refractivity contribution in [3.8, 4) is 0 Å². The molecule has 1 aromatic heterocycles. The minimum atomic E-state index is -0.234. The van der Waals surface area contributed by atoms with Crippen molar-refractivity contribution in [2.24, 2.45) is 0 Å². The van der Waals surface area contributed by atoms with Crippen LogP contribution < -0.4 is 0 Å². The molecule has 1 heterocycles. The highest BCUT2D eigenvalue weighted by atomic mass is 79.9. The Morgan fingerprint density at radius 3 is 3.00 bits per heavy atom. The molecule has 2 aromatic rings. The maximum absolute atomic E-state index is 13.0. The summed E-state index contributed by atoms with van der Waals surface area (Å²) < 4.78 is 18.6. The topological polar surface area (TPSA) is 13.1 Å². The number of furan rings is 1. The molecule has 0 unspecified atom stereocenters. The normalized spacial score (nSPS) is 12.3. The van der Waals surface area contributed by atoms with Gasteiger partial charge in [-0.2, -0.15) is 0 Å². The SMILES string of the molecule is C/C(=C/CCBr)c1cc2cc(F)ccc2o1. The first-order valence-corrected chi connectivity index (χ1v) is 6.25. The van der Waals surface area contributed by atoms with Crippen LogP contribution in [0.5, 0.6) is 0 Å². The van der Waals surface area contributed by atoms with E-state index in [1.54, 1.807) is 6.07 Å². The average molecular weight is 283 g/mol. The predicted molar refractivity (Wildman–Crippen MR) is 68.2 cm³/mol. The van der Waals surface area contributed by atoms with Crippen molar-refractivity contribution in [3.63, 3.8) is 0 Å². The molecule has 0 fully saturated rings. The quantitative estimate of drug-likeness (QED) is 0.740. The van der Waals surface area contributed by atoms with Gasteiger partial charge >= 0.3 is 0 Å². The second kappa shape index (κ2) is 4.83. The lowest BCUT2D eigenvalue weighted by Gasteiger charge is -1.94. The standard InChI is InChI=1S/C13H12BrFO/c1-9(3-2-6-14)13-8-10-7-11(15)4-5-12(10)16-13/h3-5,7-8H,2,6H2,1H3/b9-3-. The first kappa shape index (κ1) is 11.4. The molecular formula is C13H12BrFO. The van der Waals surface area contributed by atoms with Gasteiger partial charge in [0.05, 0.1) is 0 Å². The molecule has 0 atom stereocenters. The Morgan fingerprint density at radius 1 is 1.44 bits per heavy atom. The van der Waals surface area contributed by atoms with E-state index < -0.39 is 0 Å². The molecule has 0 amide bonds. The lowest BCUT2D eigenvalue weighted by atomic mass is 10.2. The number of allylic oxidation sites excluding steroid dienone is 2. The number of hydrogen-bond acceptors (Lipinski definition) is 1. The fourth-order valence-corrected chi connectivity index (χ4v) is 1.81. The summed E-state index contributed by atoms with van der Waals surface area (Å²) in [6.07, 6.45) is 3.06. The molecule has 0 bridgehead atoms. The monoisotopic (exact) mass is 282 g/mol. The van der Waals surface area contributed by atoms with E-state index in [9.17, 15) is 4.39 Å². The molecule has 0 saturated carbocycles. The van der Waals surface area contributed by atoms with Gasteiger partial charge in [0, 0.05) is 10.7 Å². The Labute approximate surface area is 102 Å². The Bertz CT molecular complexity index is 528. The Morgan fingerprint density at radius 2 is 2.25 bits per heavy atom. The first-order valence-electron chi connectivity index (χ1n) is 5.13. The van der Waals surface area contributed by atoms with Crippen molar-refractivity contribution >= 4 is 32.5 Å². The molecule has 0 radical (unpaired) electrons. The summed E-state index contributed by atoms with van der Waals surface area (Å²) in [5, 5.41) is 1.74. The van der Waals surface area contributed by atoms with Crippen molar-refractivity contribution in [3.05, 3.63) is 41.9 Å². The largest absolute Gasteiger partial charge is 0.456 e. The number of benzene rings is 1. The van der Waals surface area contributed by atoms with Crippen LogP contribution in [0.1, 0.15) is 19.1 Å². The number of hydrogen-bond donors (Lipinski definition) is 0. The Hall–Kier alpha value is -1.09. The smallest absolute Gasteiger partial charge is 0.135 e. The summed E-state index contributed by atoms with van der Waals surface area (Å²) in [6.45, 7) is 2.00. The lowest BCUT2D eigenvalue weighted by Crippen LogP contribution is -1.74. The highest BCUT2D eigenvalue weighted by Gasteiger charge is 2.05. The van der Waals surface area contributed by atoms with Crippen LogP contribution in [-0.2, 0) is 0 Å². The number of alkyl halides is 1. The highest BCUT2D eigenvalue weighted by Crippen LogP contribution is 2.25. The molecule has 3 heteroatoms. The van der Waals surface area contributed by atoms with Gasteiger partial charge in [-0.05, 0) is 43.2 Å². The van der Waals surface area contributed by atoms with E-state index in [2.05, 4.69) is 22.0 Å². The molecule has 0 saturated heterocycles. The molecule has 0 aliphatic rings. The van der Waals surface area contributed by atoms with Gasteiger partial charge in [-0.1, -0.05) is 22.0 Å². The molecule has 1 nitrogen and oxygen atoms in total. The predicted octanol–water partition coefficient (Wildman–Crippen LogP) is 4.76. The van der Waals surface area contributed by atoms with Crippen LogP contribution in [0.15, 0.2) is 34.8 Å². The zero-order valence-electron chi connectivity index (χ0n) is 8.97. The van der Waals surface area contributed by atoms with E-state index in [1.807, 2.05) is 13.0 Å². The van der Waals surface area contributed by atoms with E-state index in [-0.39, 0.29) is 5.82 Å². The maximum Gasteiger partial charge on any atom is 0.135 e. The van der Waals surface area contributed by atoms with Crippen LogP contribution in [0.4, 0.5) is 4.39 Å². The molecule has 2 rings (SSSR count). The third kappa shape index (κ3) is 2.35. The van der Waals surface area contributed by atoms with Crippen LogP contribution >= 0.6 is 15.9 Å². The zero-order chi connectivity index (χ0) is 11.5. The molecular weight excluding hydrogens is 271 g/mol. The Kier molecular flexibility index (Phi) is 3.44. The van der Waals surface area contributed by atoms with Gasteiger partial charge in [0.2, 0.25) is 0 Å². The molecule has 84 valence electrons. The summed E-state index contributed by atoms with van der Waals surface area (Å²) >= 11 is 3.37. The third-order valence-corrected chi connectivity index (χ3v) is 2.88. The van der Waals surface area contributed by atoms with Crippen LogP contribution in [0.3, 0.4) is 0 Å². The molecule has 1 aromatic carbocycles. The van der Waals surface area contributed by atoms with Crippen molar-refractivity contribution in [1.82, 2.24) is 0 Å². The second-order valence-corrected chi connectivity index (χ2v) is 4.45. The number of halogens is 2. The summed E-state index contributed by atoms with van der Waals surface area (Å²) in [7, 11) is 0. The summed E-state index contributed by atoms with van der Waals surface area (Å²) in [5.74, 6) is 0.573. The van der Waals surface area contributed by atoms with Crippen molar-refractivity contribution < 1.29 is 8.81 Å². The molecule has 0 aliphatic carbocycles. The van der Waals surface area contributed by atoms with Crippen molar-refractivity contribution in [2.75, 3.05) is 5.33 Å². The molecule has 0 aliphatic heterocycles. The van der Waals surface area contributed by atoms with Crippen LogP contribution in [-0.4, -0.2) is 5.33 Å². The van der Waals surface area contributed by atoms with E-state index in [4.69, 9.17) is 4.42 Å². The van der Waals surface area contributed by atoms with E-state index in [1.165, 1.54) is 12.1 Å². The van der Waals surface area contributed by atoms with E-state index in [0.29, 0.717) is 0 Å². The van der Waals surface area contributed by atoms with Gasteiger partial charge in [0.25, 0.3) is 0 Å². The van der Waals surface area contributed by atoms with E-state index >= 15 is 0 Å². The van der Waals surface area contributed by atoms with Crippen molar-refractivity contribution in [1.29, 1.82) is 0 Å². The van der Waals surface area contributed by atoms with Crippen LogP contribution in [0.2, 0.25) is 0 Å². The van der Waals surface area contributed by atoms with Gasteiger partial charge in [-0.25, -0.2) is 4.39 Å². The summed E-state index contributed by atoms with van der Waals surface area (Å²) in [4.78, 5) is 0. The maximum atomic E-state index is 13.0. The lowest BCUT2D eigenvalue weighted by molar-refractivity contribution is 0.595. The number of rotatable bonds is 3. The molecule has 16 heavy (non-hydrogen) atoms. The van der Waals surface area contributed by atoms with Gasteiger partial charge in [0.15, 0.2) is 0 Å². The van der Waals surface area contributed by atoms with Crippen LogP contribution in [0, 0.1) is 5.82 Å². The minimum Gasteiger partial charge on any atom is -0.456 e. The fourth-order valence-electron chi connectivity index (χ4n) is 1.58. The van der Waals surface area contributed by atoms with Crippen molar-refractivity contribution in [2.45, 2.75) is 13.3 Å².